The molecule has 1 saturated carbocycles. The third-order valence-electron chi connectivity index (χ3n) is 5.46. The molecule has 0 saturated heterocycles. The molecule has 0 bridgehead atoms. The number of esters is 1. The van der Waals surface area contributed by atoms with Gasteiger partial charge in [0, 0.05) is 18.9 Å². The van der Waals surface area contributed by atoms with E-state index in [-0.39, 0.29) is 17.6 Å². The topological polar surface area (TPSA) is 63.2 Å². The molecule has 6 nitrogen and oxygen atoms in total. The summed E-state index contributed by atoms with van der Waals surface area (Å²) in [6, 6.07) is 3.21. The average molecular weight is 352 g/mol. The van der Waals surface area contributed by atoms with Crippen molar-refractivity contribution in [1.29, 1.82) is 0 Å². The third kappa shape index (κ3) is 3.27. The molecule has 140 valence electrons. The van der Waals surface area contributed by atoms with Crippen LogP contribution in [-0.4, -0.2) is 46.6 Å². The van der Waals surface area contributed by atoms with Gasteiger partial charge in [-0.3, -0.25) is 0 Å². The van der Waals surface area contributed by atoms with E-state index in [2.05, 4.69) is 13.8 Å². The van der Waals surface area contributed by atoms with Crippen LogP contribution in [0.4, 0.5) is 0 Å². The van der Waals surface area contributed by atoms with Crippen LogP contribution in [-0.2, 0) is 9.47 Å². The fraction of sp³-hybridized carbons (Fsp3) is 0.632. The molecule has 1 aromatic rings. The van der Waals surface area contributed by atoms with Crippen molar-refractivity contribution < 1.29 is 28.5 Å². The van der Waals surface area contributed by atoms with Crippen molar-refractivity contribution in [3.63, 3.8) is 0 Å². The van der Waals surface area contributed by atoms with E-state index in [4.69, 9.17) is 23.7 Å². The summed E-state index contributed by atoms with van der Waals surface area (Å²) >= 11 is 0. The summed E-state index contributed by atoms with van der Waals surface area (Å²) in [6.07, 6.45) is 2.48. The Hall–Kier alpha value is -1.95. The second-order valence-electron chi connectivity index (χ2n) is 6.21. The molecule has 2 rings (SSSR count). The summed E-state index contributed by atoms with van der Waals surface area (Å²) in [5.74, 6) is 0.898. The Labute approximate surface area is 149 Å². The molecule has 0 N–H and O–H groups in total. The molecular weight excluding hydrogens is 324 g/mol. The highest BCUT2D eigenvalue weighted by Gasteiger charge is 2.55. The number of carbonyl (C=O) groups is 1. The van der Waals surface area contributed by atoms with E-state index in [1.54, 1.807) is 19.2 Å². The van der Waals surface area contributed by atoms with Gasteiger partial charge in [-0.05, 0) is 25.0 Å². The summed E-state index contributed by atoms with van der Waals surface area (Å²) < 4.78 is 27.2. The second-order valence-corrected chi connectivity index (χ2v) is 6.21. The van der Waals surface area contributed by atoms with E-state index < -0.39 is 5.97 Å². The molecule has 1 aliphatic carbocycles. The number of hydrogen-bond acceptors (Lipinski definition) is 6. The zero-order valence-corrected chi connectivity index (χ0v) is 15.9. The van der Waals surface area contributed by atoms with Crippen LogP contribution in [0.15, 0.2) is 12.1 Å². The molecule has 1 fully saturated rings. The van der Waals surface area contributed by atoms with Crippen molar-refractivity contribution in [1.82, 2.24) is 0 Å². The van der Waals surface area contributed by atoms with Gasteiger partial charge in [-0.15, -0.1) is 0 Å². The van der Waals surface area contributed by atoms with Crippen molar-refractivity contribution in [2.45, 2.75) is 45.3 Å². The lowest BCUT2D eigenvalue weighted by Crippen LogP contribution is -2.58. The first-order valence-corrected chi connectivity index (χ1v) is 8.54. The highest BCUT2D eigenvalue weighted by molar-refractivity contribution is 5.91. The molecule has 0 aromatic heterocycles. The number of ether oxygens (including phenoxy) is 5. The number of methoxy groups -OCH3 is 4. The van der Waals surface area contributed by atoms with E-state index >= 15 is 0 Å². The Bertz CT molecular complexity index is 583. The van der Waals surface area contributed by atoms with E-state index in [9.17, 15) is 4.79 Å². The van der Waals surface area contributed by atoms with Crippen LogP contribution in [0, 0.1) is 5.41 Å². The predicted octanol–water partition coefficient (Wildman–Crippen LogP) is 3.46. The first kappa shape index (κ1) is 19.4. The molecule has 25 heavy (non-hydrogen) atoms. The van der Waals surface area contributed by atoms with Crippen molar-refractivity contribution in [2.24, 2.45) is 5.41 Å². The van der Waals surface area contributed by atoms with Crippen LogP contribution in [0.1, 0.15) is 43.5 Å². The van der Waals surface area contributed by atoms with Crippen LogP contribution in [0.5, 0.6) is 17.2 Å². The molecule has 6 heteroatoms. The molecule has 1 aromatic carbocycles. The Morgan fingerprint density at radius 2 is 1.56 bits per heavy atom. The van der Waals surface area contributed by atoms with E-state index in [0.29, 0.717) is 29.2 Å². The SMILES string of the molecule is CCC1(CC)[C@@H](OC)C[C@@H]1OC(=O)c1cc(OC)c(OC)c(OC)c1. The van der Waals surface area contributed by atoms with Crippen LogP contribution < -0.4 is 14.2 Å². The van der Waals surface area contributed by atoms with Gasteiger partial charge in [-0.2, -0.15) is 0 Å². The monoisotopic (exact) mass is 352 g/mol. The van der Waals surface area contributed by atoms with Crippen molar-refractivity contribution in [2.75, 3.05) is 28.4 Å². The number of hydrogen-bond donors (Lipinski definition) is 0. The summed E-state index contributed by atoms with van der Waals surface area (Å²) in [4.78, 5) is 12.7. The average Bonchev–Trinajstić information content (AvgIpc) is 2.64. The first-order valence-electron chi connectivity index (χ1n) is 8.54. The highest BCUT2D eigenvalue weighted by Crippen LogP contribution is 2.50. The summed E-state index contributed by atoms with van der Waals surface area (Å²) in [7, 11) is 6.26. The van der Waals surface area contributed by atoms with Gasteiger partial charge in [-0.25, -0.2) is 4.79 Å². The largest absolute Gasteiger partial charge is 0.493 e. The Morgan fingerprint density at radius 1 is 1.00 bits per heavy atom. The molecule has 0 spiro atoms. The number of carbonyl (C=O) groups excluding carboxylic acids is 1. The van der Waals surface area contributed by atoms with E-state index in [1.165, 1.54) is 21.3 Å². The minimum atomic E-state index is -0.398. The number of benzene rings is 1. The standard InChI is InChI=1S/C19H28O6/c1-7-19(8-2)15(23-5)11-16(19)25-18(20)12-9-13(21-3)17(24-6)14(10-12)22-4/h9-10,15-16H,7-8,11H2,1-6H3/t15-,16-/m0/s1. The summed E-state index contributed by atoms with van der Waals surface area (Å²) in [6.45, 7) is 4.21. The second kappa shape index (κ2) is 7.95. The Morgan fingerprint density at radius 3 is 1.96 bits per heavy atom. The van der Waals surface area contributed by atoms with Gasteiger partial charge >= 0.3 is 5.97 Å². The molecule has 0 aliphatic heterocycles. The molecule has 0 unspecified atom stereocenters. The van der Waals surface area contributed by atoms with Crippen molar-refractivity contribution >= 4 is 5.97 Å². The third-order valence-corrected chi connectivity index (χ3v) is 5.46. The maximum atomic E-state index is 12.7. The lowest BCUT2D eigenvalue weighted by Gasteiger charge is -2.53. The zero-order chi connectivity index (χ0) is 18.6. The lowest BCUT2D eigenvalue weighted by atomic mass is 9.60. The molecule has 0 heterocycles. The summed E-state index contributed by atoms with van der Waals surface area (Å²) in [5, 5.41) is 0. The molecule has 0 amide bonds. The van der Waals surface area contributed by atoms with Gasteiger partial charge in [0.1, 0.15) is 6.10 Å². The van der Waals surface area contributed by atoms with E-state index in [1.807, 2.05) is 0 Å². The fourth-order valence-corrected chi connectivity index (χ4v) is 3.76. The minimum Gasteiger partial charge on any atom is -0.493 e. The van der Waals surface area contributed by atoms with Gasteiger partial charge in [0.2, 0.25) is 5.75 Å². The van der Waals surface area contributed by atoms with Crippen LogP contribution >= 0.6 is 0 Å². The highest BCUT2D eigenvalue weighted by atomic mass is 16.6. The molecule has 1 aliphatic rings. The maximum absolute atomic E-state index is 12.7. The molecule has 0 radical (unpaired) electrons. The van der Waals surface area contributed by atoms with E-state index in [0.717, 1.165) is 12.8 Å². The van der Waals surface area contributed by atoms with Crippen LogP contribution in [0.3, 0.4) is 0 Å². The lowest BCUT2D eigenvalue weighted by molar-refractivity contribution is -0.186. The smallest absolute Gasteiger partial charge is 0.338 e. The fourth-order valence-electron chi connectivity index (χ4n) is 3.76. The van der Waals surface area contributed by atoms with Gasteiger partial charge in [0.05, 0.1) is 33.0 Å². The zero-order valence-electron chi connectivity index (χ0n) is 15.9. The maximum Gasteiger partial charge on any atom is 0.338 e. The van der Waals surface area contributed by atoms with Crippen molar-refractivity contribution in [3.05, 3.63) is 17.7 Å². The van der Waals surface area contributed by atoms with Gasteiger partial charge < -0.3 is 23.7 Å². The number of rotatable bonds is 8. The molecular formula is C19H28O6. The Kier molecular flexibility index (Phi) is 6.16. The van der Waals surface area contributed by atoms with Crippen molar-refractivity contribution in [3.8, 4) is 17.2 Å². The normalized spacial score (nSPS) is 21.2. The van der Waals surface area contributed by atoms with Crippen LogP contribution in [0.25, 0.3) is 0 Å². The predicted molar refractivity (Wildman–Crippen MR) is 93.7 cm³/mol. The van der Waals surface area contributed by atoms with Gasteiger partial charge in [-0.1, -0.05) is 13.8 Å². The van der Waals surface area contributed by atoms with Gasteiger partial charge in [0.15, 0.2) is 11.5 Å². The minimum absolute atomic E-state index is 0.120. The summed E-state index contributed by atoms with van der Waals surface area (Å²) in [5.41, 5.74) is 0.252. The van der Waals surface area contributed by atoms with Crippen LogP contribution in [0.2, 0.25) is 0 Å². The Balaban J connectivity index is 2.24. The van der Waals surface area contributed by atoms with Gasteiger partial charge in [0.25, 0.3) is 0 Å². The first-order chi connectivity index (χ1) is 12.0. The molecule has 2 atom stereocenters. The quantitative estimate of drug-likeness (QED) is 0.668.